The third kappa shape index (κ3) is 3.15. The quantitative estimate of drug-likeness (QED) is 0.775. The number of anilines is 1. The minimum absolute atomic E-state index is 0.0493. The molecule has 0 aliphatic carbocycles. The van der Waals surface area contributed by atoms with Crippen LogP contribution in [-0.4, -0.2) is 33.6 Å². The van der Waals surface area contributed by atoms with Gasteiger partial charge in [-0.15, -0.1) is 0 Å². The molecule has 0 atom stereocenters. The van der Waals surface area contributed by atoms with Crippen molar-refractivity contribution < 1.29 is 0 Å². The van der Waals surface area contributed by atoms with Gasteiger partial charge in [-0.25, -0.2) is 4.98 Å². The summed E-state index contributed by atoms with van der Waals surface area (Å²) in [6.07, 6.45) is 2.60. The van der Waals surface area contributed by atoms with Gasteiger partial charge in [0.1, 0.15) is 9.39 Å². The largest absolute Gasteiger partial charge is 0.355 e. The molecule has 1 aromatic heterocycles. The van der Waals surface area contributed by atoms with E-state index in [0.717, 1.165) is 31.1 Å². The Morgan fingerprint density at radius 2 is 2.29 bits per heavy atom. The fourth-order valence-corrected chi connectivity index (χ4v) is 3.56. The Labute approximate surface area is 119 Å². The molecule has 1 N–H and O–H groups in total. The molecule has 1 aliphatic rings. The van der Waals surface area contributed by atoms with Gasteiger partial charge in [-0.2, -0.15) is 11.8 Å². The van der Waals surface area contributed by atoms with Crippen LogP contribution in [0.25, 0.3) is 0 Å². The van der Waals surface area contributed by atoms with Crippen LogP contribution in [0.5, 0.6) is 0 Å². The van der Waals surface area contributed by atoms with E-state index in [1.165, 1.54) is 6.33 Å². The monoisotopic (exact) mass is 365 g/mol. The molecule has 1 saturated heterocycles. The first-order chi connectivity index (χ1) is 7.99. The third-order valence-corrected chi connectivity index (χ3v) is 5.26. The summed E-state index contributed by atoms with van der Waals surface area (Å²) in [6, 6.07) is 0. The number of hydrogen-bond donors (Lipinski definition) is 1. The van der Waals surface area contributed by atoms with Crippen LogP contribution in [0.3, 0.4) is 0 Å². The number of aromatic amines is 1. The van der Waals surface area contributed by atoms with Crippen LogP contribution in [0.2, 0.25) is 0 Å². The normalized spacial score (nSPS) is 20.1. The van der Waals surface area contributed by atoms with E-state index in [9.17, 15) is 4.79 Å². The number of hydrogen-bond acceptors (Lipinski definition) is 4. The van der Waals surface area contributed by atoms with Gasteiger partial charge < -0.3 is 9.88 Å². The molecule has 0 radical (unpaired) electrons. The lowest BCUT2D eigenvalue weighted by molar-refractivity contribution is 0.634. The van der Waals surface area contributed by atoms with Crippen molar-refractivity contribution in [2.24, 2.45) is 0 Å². The zero-order valence-corrected chi connectivity index (χ0v) is 13.0. The van der Waals surface area contributed by atoms with Crippen LogP contribution < -0.4 is 10.5 Å². The molecular formula is C11H16IN3OS. The molecule has 0 unspecified atom stereocenters. The van der Waals surface area contributed by atoms with Gasteiger partial charge in [0, 0.05) is 23.6 Å². The van der Waals surface area contributed by atoms with Gasteiger partial charge in [-0.05, 0) is 29.0 Å². The summed E-state index contributed by atoms with van der Waals surface area (Å²) in [5.74, 6) is 1.91. The predicted molar refractivity (Wildman–Crippen MR) is 80.9 cm³/mol. The number of nitrogens with one attached hydrogen (secondary N) is 1. The molecule has 0 bridgehead atoms. The molecule has 1 fully saturated rings. The third-order valence-electron chi connectivity index (χ3n) is 2.92. The first-order valence-electron chi connectivity index (χ1n) is 5.62. The van der Waals surface area contributed by atoms with E-state index < -0.39 is 0 Å². The van der Waals surface area contributed by atoms with Crippen LogP contribution in [0, 0.1) is 3.57 Å². The lowest BCUT2D eigenvalue weighted by atomic mass is 10.1. The van der Waals surface area contributed by atoms with Crippen LogP contribution in [-0.2, 0) is 0 Å². The lowest BCUT2D eigenvalue weighted by Crippen LogP contribution is -2.30. The van der Waals surface area contributed by atoms with Crippen molar-refractivity contribution in [3.8, 4) is 0 Å². The van der Waals surface area contributed by atoms with Crippen LogP contribution in [0.15, 0.2) is 11.1 Å². The molecule has 2 rings (SSSR count). The maximum Gasteiger partial charge on any atom is 0.266 e. The maximum atomic E-state index is 11.6. The second-order valence-corrected chi connectivity index (χ2v) is 7.60. The zero-order valence-electron chi connectivity index (χ0n) is 9.99. The molecule has 17 heavy (non-hydrogen) atoms. The highest BCUT2D eigenvalue weighted by molar-refractivity contribution is 14.1. The summed E-state index contributed by atoms with van der Waals surface area (Å²) >= 11 is 4.07. The van der Waals surface area contributed by atoms with Gasteiger partial charge in [0.05, 0.1) is 6.33 Å². The molecule has 6 heteroatoms. The highest BCUT2D eigenvalue weighted by Crippen LogP contribution is 2.32. The average molecular weight is 365 g/mol. The molecule has 0 aromatic carbocycles. The summed E-state index contributed by atoms with van der Waals surface area (Å²) in [4.78, 5) is 20.7. The van der Waals surface area contributed by atoms with Crippen LogP contribution in [0.4, 0.5) is 5.82 Å². The number of H-pyrrole nitrogens is 1. The smallest absolute Gasteiger partial charge is 0.266 e. The van der Waals surface area contributed by atoms with E-state index in [2.05, 4.69) is 51.3 Å². The maximum absolute atomic E-state index is 11.6. The van der Waals surface area contributed by atoms with Gasteiger partial charge in [0.2, 0.25) is 0 Å². The van der Waals surface area contributed by atoms with Crippen molar-refractivity contribution in [1.82, 2.24) is 9.97 Å². The first-order valence-corrected chi connectivity index (χ1v) is 7.68. The highest BCUT2D eigenvalue weighted by atomic mass is 127. The minimum atomic E-state index is -0.0493. The summed E-state index contributed by atoms with van der Waals surface area (Å²) in [5, 5.41) is 0. The van der Waals surface area contributed by atoms with E-state index in [0.29, 0.717) is 8.32 Å². The molecule has 0 spiro atoms. The Morgan fingerprint density at radius 3 is 3.06 bits per heavy atom. The van der Waals surface area contributed by atoms with Gasteiger partial charge in [0.25, 0.3) is 5.56 Å². The Bertz CT molecular complexity index is 460. The van der Waals surface area contributed by atoms with E-state index in [1.54, 1.807) is 0 Å². The molecule has 1 aliphatic heterocycles. The molecule has 2 heterocycles. The standard InChI is InChI=1S/C11H16IN3OS/c1-11(2)3-4-15(5-6-17-11)9-8(12)10(16)14-7-13-9/h7H,3-6H2,1-2H3,(H,13,14,16). The van der Waals surface area contributed by atoms with Crippen molar-refractivity contribution in [2.75, 3.05) is 23.7 Å². The second kappa shape index (κ2) is 5.17. The predicted octanol–water partition coefficient (Wildman–Crippen LogP) is 2.10. The lowest BCUT2D eigenvalue weighted by Gasteiger charge is -2.23. The summed E-state index contributed by atoms with van der Waals surface area (Å²) in [7, 11) is 0. The number of rotatable bonds is 1. The van der Waals surface area contributed by atoms with Crippen molar-refractivity contribution in [1.29, 1.82) is 0 Å². The van der Waals surface area contributed by atoms with Gasteiger partial charge >= 0.3 is 0 Å². The van der Waals surface area contributed by atoms with Gasteiger partial charge in [-0.1, -0.05) is 13.8 Å². The number of nitrogens with zero attached hydrogens (tertiary/aromatic N) is 2. The SMILES string of the molecule is CC1(C)CCN(c2nc[nH]c(=O)c2I)CCS1. The van der Waals surface area contributed by atoms with Crippen molar-refractivity contribution in [2.45, 2.75) is 25.0 Å². The summed E-state index contributed by atoms with van der Waals surface area (Å²) in [5.41, 5.74) is -0.0493. The van der Waals surface area contributed by atoms with Crippen LogP contribution >= 0.6 is 34.4 Å². The molecule has 4 nitrogen and oxygen atoms in total. The van der Waals surface area contributed by atoms with E-state index in [1.807, 2.05) is 11.8 Å². The Morgan fingerprint density at radius 1 is 1.53 bits per heavy atom. The van der Waals surface area contributed by atoms with E-state index >= 15 is 0 Å². The number of aromatic nitrogens is 2. The van der Waals surface area contributed by atoms with Crippen LogP contribution in [0.1, 0.15) is 20.3 Å². The minimum Gasteiger partial charge on any atom is -0.355 e. The number of halogens is 1. The fraction of sp³-hybridized carbons (Fsp3) is 0.636. The fourth-order valence-electron chi connectivity index (χ4n) is 1.83. The summed E-state index contributed by atoms with van der Waals surface area (Å²) in [6.45, 7) is 6.47. The van der Waals surface area contributed by atoms with Gasteiger partial charge in [0.15, 0.2) is 0 Å². The van der Waals surface area contributed by atoms with Gasteiger partial charge in [-0.3, -0.25) is 4.79 Å². The Balaban J connectivity index is 2.23. The summed E-state index contributed by atoms with van der Waals surface area (Å²) < 4.78 is 1.01. The van der Waals surface area contributed by atoms with E-state index in [4.69, 9.17) is 0 Å². The highest BCUT2D eigenvalue weighted by Gasteiger charge is 2.25. The molecule has 94 valence electrons. The molecule has 0 saturated carbocycles. The van der Waals surface area contributed by atoms with Crippen molar-refractivity contribution in [3.05, 3.63) is 20.3 Å². The molecule has 0 amide bonds. The molecular weight excluding hydrogens is 349 g/mol. The van der Waals surface area contributed by atoms with Crippen molar-refractivity contribution in [3.63, 3.8) is 0 Å². The molecule has 1 aromatic rings. The Kier molecular flexibility index (Phi) is 4.02. The van der Waals surface area contributed by atoms with E-state index in [-0.39, 0.29) is 5.56 Å². The first kappa shape index (κ1) is 13.2. The zero-order chi connectivity index (χ0) is 12.5. The van der Waals surface area contributed by atoms with Crippen molar-refractivity contribution >= 4 is 40.2 Å². The second-order valence-electron chi connectivity index (χ2n) is 4.71. The Hall–Kier alpha value is -0.240. The average Bonchev–Trinajstić information content (AvgIpc) is 2.44. The number of thioether (sulfide) groups is 1. The topological polar surface area (TPSA) is 49.0 Å².